The van der Waals surface area contributed by atoms with Gasteiger partial charge < -0.3 is 5.11 Å². The Kier molecular flexibility index (Phi) is 3.84. The molecule has 0 aromatic heterocycles. The van der Waals surface area contributed by atoms with Gasteiger partial charge in [0.2, 0.25) is 10.0 Å². The summed E-state index contributed by atoms with van der Waals surface area (Å²) in [6.45, 7) is 3.78. The van der Waals surface area contributed by atoms with Gasteiger partial charge in [-0.1, -0.05) is 12.1 Å². The number of aliphatic hydroxyl groups is 1. The van der Waals surface area contributed by atoms with Crippen LogP contribution in [0.2, 0.25) is 0 Å². The van der Waals surface area contributed by atoms with Crippen molar-refractivity contribution >= 4 is 10.0 Å². The Labute approximate surface area is 126 Å². The molecule has 2 fully saturated rings. The van der Waals surface area contributed by atoms with Crippen molar-refractivity contribution in [1.29, 1.82) is 0 Å². The summed E-state index contributed by atoms with van der Waals surface area (Å²) >= 11 is 0. The molecule has 4 nitrogen and oxygen atoms in total. The van der Waals surface area contributed by atoms with E-state index < -0.39 is 10.0 Å². The van der Waals surface area contributed by atoms with Crippen LogP contribution < -0.4 is 4.72 Å². The largest absolute Gasteiger partial charge is 0.396 e. The highest BCUT2D eigenvalue weighted by atomic mass is 32.2. The third-order valence-corrected chi connectivity index (χ3v) is 6.82. The molecule has 2 aliphatic rings. The van der Waals surface area contributed by atoms with E-state index in [1.165, 1.54) is 0 Å². The topological polar surface area (TPSA) is 66.4 Å². The first-order chi connectivity index (χ1) is 9.92. The molecule has 0 spiro atoms. The van der Waals surface area contributed by atoms with Crippen LogP contribution in [0.3, 0.4) is 0 Å². The molecular formula is C16H23NO3S. The van der Waals surface area contributed by atoms with E-state index in [-0.39, 0.29) is 18.6 Å². The monoisotopic (exact) mass is 309 g/mol. The van der Waals surface area contributed by atoms with Gasteiger partial charge >= 0.3 is 0 Å². The first-order valence-corrected chi connectivity index (χ1v) is 9.11. The second kappa shape index (κ2) is 5.38. The number of fused-ring (bicyclic) bond motifs is 2. The summed E-state index contributed by atoms with van der Waals surface area (Å²) in [5.74, 6) is 0.932. The maximum absolute atomic E-state index is 12.7. The Bertz CT molecular complexity index is 641. The Morgan fingerprint density at radius 2 is 1.95 bits per heavy atom. The minimum atomic E-state index is -3.52. The van der Waals surface area contributed by atoms with Crippen LogP contribution in [0.25, 0.3) is 0 Å². The maximum atomic E-state index is 12.7. The number of aliphatic hydroxyl groups excluding tert-OH is 1. The van der Waals surface area contributed by atoms with Gasteiger partial charge in [0.15, 0.2) is 0 Å². The first-order valence-electron chi connectivity index (χ1n) is 7.63. The summed E-state index contributed by atoms with van der Waals surface area (Å²) < 4.78 is 28.3. The number of aryl methyl sites for hydroxylation is 2. The molecule has 0 amide bonds. The van der Waals surface area contributed by atoms with Gasteiger partial charge in [-0.25, -0.2) is 13.1 Å². The van der Waals surface area contributed by atoms with E-state index in [1.807, 2.05) is 26.0 Å². The van der Waals surface area contributed by atoms with Crippen molar-refractivity contribution in [1.82, 2.24) is 4.72 Å². The molecule has 0 heterocycles. The third kappa shape index (κ3) is 2.62. The lowest BCUT2D eigenvalue weighted by Crippen LogP contribution is -2.45. The van der Waals surface area contributed by atoms with E-state index in [9.17, 15) is 13.5 Å². The van der Waals surface area contributed by atoms with Crippen LogP contribution >= 0.6 is 0 Å². The number of nitrogens with one attached hydrogen (secondary N) is 1. The van der Waals surface area contributed by atoms with E-state index in [1.54, 1.807) is 6.07 Å². The molecule has 4 unspecified atom stereocenters. The smallest absolute Gasteiger partial charge is 0.241 e. The summed E-state index contributed by atoms with van der Waals surface area (Å²) in [4.78, 5) is 0.363. The van der Waals surface area contributed by atoms with Crippen LogP contribution in [0.4, 0.5) is 0 Å². The number of hydrogen-bond acceptors (Lipinski definition) is 3. The van der Waals surface area contributed by atoms with Gasteiger partial charge in [-0.05, 0) is 62.1 Å². The summed E-state index contributed by atoms with van der Waals surface area (Å²) in [6.07, 6.45) is 3.24. The first kappa shape index (κ1) is 15.0. The quantitative estimate of drug-likeness (QED) is 0.894. The molecule has 116 valence electrons. The molecule has 5 heteroatoms. The summed E-state index contributed by atoms with van der Waals surface area (Å²) in [7, 11) is -3.52. The fourth-order valence-electron chi connectivity index (χ4n) is 4.10. The van der Waals surface area contributed by atoms with E-state index in [0.29, 0.717) is 16.7 Å². The molecular weight excluding hydrogens is 286 g/mol. The summed E-state index contributed by atoms with van der Waals surface area (Å²) in [5, 5.41) is 9.59. The molecule has 1 aromatic rings. The fraction of sp³-hybridized carbons (Fsp3) is 0.625. The van der Waals surface area contributed by atoms with Crippen LogP contribution in [0, 0.1) is 31.6 Å². The maximum Gasteiger partial charge on any atom is 0.241 e. The van der Waals surface area contributed by atoms with Gasteiger partial charge in [0.1, 0.15) is 0 Å². The Hall–Kier alpha value is -0.910. The molecule has 2 bridgehead atoms. The third-order valence-electron chi connectivity index (χ3n) is 5.22. The second-order valence-corrected chi connectivity index (χ2v) is 8.28. The van der Waals surface area contributed by atoms with Crippen molar-refractivity contribution in [2.75, 3.05) is 6.61 Å². The second-order valence-electron chi connectivity index (χ2n) is 6.60. The van der Waals surface area contributed by atoms with E-state index in [4.69, 9.17) is 0 Å². The van der Waals surface area contributed by atoms with Crippen LogP contribution in [0.15, 0.2) is 23.1 Å². The minimum Gasteiger partial charge on any atom is -0.396 e. The highest BCUT2D eigenvalue weighted by molar-refractivity contribution is 7.89. The molecule has 2 aliphatic carbocycles. The lowest BCUT2D eigenvalue weighted by Gasteiger charge is -2.30. The Morgan fingerprint density at radius 3 is 2.67 bits per heavy atom. The number of benzene rings is 1. The number of rotatable bonds is 4. The average Bonchev–Trinajstić information content (AvgIpc) is 3.02. The SMILES string of the molecule is Cc1ccc(C)c(S(=O)(=O)NC2C3CCC(C3)C2CO)c1. The zero-order valence-electron chi connectivity index (χ0n) is 12.5. The average molecular weight is 309 g/mol. The predicted molar refractivity (Wildman–Crippen MR) is 81.4 cm³/mol. The molecule has 3 rings (SSSR count). The molecule has 2 saturated carbocycles. The standard InChI is InChI=1S/C16H23NO3S/c1-10-3-4-11(2)15(7-10)21(19,20)17-16-13-6-5-12(8-13)14(16)9-18/h3-4,7,12-14,16-18H,5-6,8-9H2,1-2H3. The fourth-order valence-corrected chi connectivity index (χ4v) is 5.78. The highest BCUT2D eigenvalue weighted by Gasteiger charge is 2.48. The highest BCUT2D eigenvalue weighted by Crippen LogP contribution is 2.48. The van der Waals surface area contributed by atoms with Crippen LogP contribution in [-0.2, 0) is 10.0 Å². The van der Waals surface area contributed by atoms with Gasteiger partial charge in [0, 0.05) is 18.6 Å². The van der Waals surface area contributed by atoms with Crippen molar-refractivity contribution in [2.24, 2.45) is 17.8 Å². The molecule has 21 heavy (non-hydrogen) atoms. The molecule has 0 radical (unpaired) electrons. The van der Waals surface area contributed by atoms with Crippen LogP contribution in [0.1, 0.15) is 30.4 Å². The van der Waals surface area contributed by atoms with Gasteiger partial charge in [-0.2, -0.15) is 0 Å². The van der Waals surface area contributed by atoms with Gasteiger partial charge in [-0.3, -0.25) is 0 Å². The van der Waals surface area contributed by atoms with Crippen molar-refractivity contribution in [3.05, 3.63) is 29.3 Å². The molecule has 0 aliphatic heterocycles. The van der Waals surface area contributed by atoms with E-state index >= 15 is 0 Å². The van der Waals surface area contributed by atoms with Crippen molar-refractivity contribution < 1.29 is 13.5 Å². The van der Waals surface area contributed by atoms with E-state index in [0.717, 1.165) is 30.4 Å². The van der Waals surface area contributed by atoms with Crippen molar-refractivity contribution in [3.8, 4) is 0 Å². The zero-order valence-corrected chi connectivity index (χ0v) is 13.4. The van der Waals surface area contributed by atoms with E-state index in [2.05, 4.69) is 4.72 Å². The Balaban J connectivity index is 1.88. The van der Waals surface area contributed by atoms with Crippen molar-refractivity contribution in [2.45, 2.75) is 44.0 Å². The summed E-state index contributed by atoms with van der Waals surface area (Å²) in [6, 6.07) is 5.37. The number of sulfonamides is 1. The van der Waals surface area contributed by atoms with Gasteiger partial charge in [-0.15, -0.1) is 0 Å². The zero-order chi connectivity index (χ0) is 15.2. The molecule has 0 saturated heterocycles. The predicted octanol–water partition coefficient (Wildman–Crippen LogP) is 1.99. The summed E-state index contributed by atoms with van der Waals surface area (Å²) in [5.41, 5.74) is 1.70. The minimum absolute atomic E-state index is 0.0706. The number of hydrogen-bond donors (Lipinski definition) is 2. The molecule has 2 N–H and O–H groups in total. The van der Waals surface area contributed by atoms with Crippen LogP contribution in [0.5, 0.6) is 0 Å². The van der Waals surface area contributed by atoms with Crippen molar-refractivity contribution in [3.63, 3.8) is 0 Å². The van der Waals surface area contributed by atoms with Gasteiger partial charge in [0.25, 0.3) is 0 Å². The lowest BCUT2D eigenvalue weighted by molar-refractivity contribution is 0.153. The molecule has 4 atom stereocenters. The Morgan fingerprint density at radius 1 is 1.24 bits per heavy atom. The lowest BCUT2D eigenvalue weighted by atomic mass is 9.86. The normalized spacial score (nSPS) is 31.8. The van der Waals surface area contributed by atoms with Crippen LogP contribution in [-0.4, -0.2) is 26.2 Å². The van der Waals surface area contributed by atoms with Gasteiger partial charge in [0.05, 0.1) is 4.90 Å². The molecule has 1 aromatic carbocycles.